The van der Waals surface area contributed by atoms with Crippen molar-refractivity contribution in [2.75, 3.05) is 20.3 Å². The van der Waals surface area contributed by atoms with Gasteiger partial charge in [0.1, 0.15) is 6.54 Å². The van der Waals surface area contributed by atoms with Gasteiger partial charge in [-0.2, -0.15) is 0 Å². The first kappa shape index (κ1) is 22.6. The van der Waals surface area contributed by atoms with Crippen LogP contribution in [0.4, 0.5) is 4.79 Å². The average Bonchev–Trinajstić information content (AvgIpc) is 2.87. The zero-order chi connectivity index (χ0) is 21.7. The molecule has 1 aromatic rings. The minimum absolute atomic E-state index is 0.0400. The smallest absolute Gasteiger partial charge is 0.341 e. The minimum atomic E-state index is -1.18. The van der Waals surface area contributed by atoms with Gasteiger partial charge >= 0.3 is 11.9 Å². The molecule has 1 aliphatic heterocycles. The van der Waals surface area contributed by atoms with Crippen LogP contribution in [0.25, 0.3) is 6.08 Å². The summed E-state index contributed by atoms with van der Waals surface area (Å²) in [5.41, 5.74) is 0.421. The Balaban J connectivity index is 2.24. The van der Waals surface area contributed by atoms with E-state index in [0.717, 1.165) is 4.90 Å². The van der Waals surface area contributed by atoms with Gasteiger partial charge in [-0.25, -0.2) is 4.79 Å². The normalized spacial score (nSPS) is 15.2. The molecule has 1 saturated heterocycles. The van der Waals surface area contributed by atoms with E-state index in [9.17, 15) is 19.2 Å². The Morgan fingerprint density at radius 3 is 2.59 bits per heavy atom. The number of esters is 1. The number of carboxylic acids is 1. The Bertz CT molecular complexity index is 883. The number of ether oxygens (including phenoxy) is 3. The number of benzene rings is 1. The molecule has 11 heteroatoms. The van der Waals surface area contributed by atoms with E-state index in [0.29, 0.717) is 17.3 Å². The molecule has 0 aliphatic carbocycles. The molecule has 1 aliphatic rings. The first-order chi connectivity index (χ1) is 13.6. The first-order valence-corrected chi connectivity index (χ1v) is 9.48. The average molecular weight is 444 g/mol. The van der Waals surface area contributed by atoms with E-state index in [1.54, 1.807) is 13.8 Å². The fourth-order valence-corrected chi connectivity index (χ4v) is 3.43. The van der Waals surface area contributed by atoms with Crippen LogP contribution in [0.15, 0.2) is 17.0 Å². The third-order valence-corrected chi connectivity index (χ3v) is 4.61. The van der Waals surface area contributed by atoms with Crippen molar-refractivity contribution in [3.05, 3.63) is 27.6 Å². The maximum Gasteiger partial charge on any atom is 0.341 e. The van der Waals surface area contributed by atoms with Gasteiger partial charge < -0.3 is 19.3 Å². The molecule has 0 bridgehead atoms. The van der Waals surface area contributed by atoms with E-state index in [2.05, 4.69) is 0 Å². The summed E-state index contributed by atoms with van der Waals surface area (Å²) >= 11 is 6.81. The van der Waals surface area contributed by atoms with Crippen LogP contribution in [0, 0.1) is 0 Å². The van der Waals surface area contributed by atoms with Crippen LogP contribution < -0.4 is 9.47 Å². The largest absolute Gasteiger partial charge is 0.493 e. The third kappa shape index (κ3) is 5.88. The summed E-state index contributed by atoms with van der Waals surface area (Å²) in [6.07, 6.45) is 1.04. The number of nitrogens with zero attached hydrogens (tertiary/aromatic N) is 1. The molecule has 0 spiro atoms. The molecule has 0 saturated carbocycles. The maximum atomic E-state index is 12.5. The quantitative estimate of drug-likeness (QED) is 0.477. The molecule has 1 N–H and O–H groups in total. The molecule has 1 fully saturated rings. The molecular formula is C18H18ClNO8S. The number of imide groups is 1. The fraction of sp³-hybridized carbons (Fsp3) is 0.333. The van der Waals surface area contributed by atoms with Gasteiger partial charge in [-0.05, 0) is 49.4 Å². The highest BCUT2D eigenvalue weighted by Crippen LogP contribution is 2.38. The first-order valence-electron chi connectivity index (χ1n) is 8.29. The van der Waals surface area contributed by atoms with Gasteiger partial charge in [0.25, 0.3) is 11.1 Å². The zero-order valence-corrected chi connectivity index (χ0v) is 17.3. The number of hydrogen-bond acceptors (Lipinski definition) is 8. The number of hydrogen-bond donors (Lipinski definition) is 1. The molecule has 2 rings (SSSR count). The van der Waals surface area contributed by atoms with Gasteiger partial charge in [0.15, 0.2) is 18.1 Å². The van der Waals surface area contributed by atoms with Crippen molar-refractivity contribution < 1.29 is 38.5 Å². The van der Waals surface area contributed by atoms with Gasteiger partial charge in [-0.3, -0.25) is 19.3 Å². The summed E-state index contributed by atoms with van der Waals surface area (Å²) in [7, 11) is 1.34. The molecule has 2 amide bonds. The monoisotopic (exact) mass is 443 g/mol. The number of methoxy groups -OCH3 is 1. The molecule has 0 aromatic heterocycles. The van der Waals surface area contributed by atoms with Crippen LogP contribution in [-0.4, -0.2) is 59.5 Å². The lowest BCUT2D eigenvalue weighted by Crippen LogP contribution is -2.35. The molecule has 1 aromatic carbocycles. The van der Waals surface area contributed by atoms with Crippen LogP contribution in [0.5, 0.6) is 11.5 Å². The predicted molar refractivity (Wildman–Crippen MR) is 105 cm³/mol. The van der Waals surface area contributed by atoms with Gasteiger partial charge in [0.05, 0.1) is 23.1 Å². The third-order valence-electron chi connectivity index (χ3n) is 3.42. The van der Waals surface area contributed by atoms with Crippen LogP contribution in [0.2, 0.25) is 5.02 Å². The minimum Gasteiger partial charge on any atom is -0.493 e. The molecule has 0 atom stereocenters. The van der Waals surface area contributed by atoms with Crippen LogP contribution >= 0.6 is 23.4 Å². The number of rotatable bonds is 8. The van der Waals surface area contributed by atoms with Gasteiger partial charge in [-0.1, -0.05) is 11.6 Å². The second-order valence-electron chi connectivity index (χ2n) is 6.02. The SMILES string of the molecule is COc1cc(/C=C2\SC(=O)N(CC(=O)OC(C)C)C2=O)cc(Cl)c1OCC(=O)O. The van der Waals surface area contributed by atoms with Crippen molar-refractivity contribution in [2.24, 2.45) is 0 Å². The highest BCUT2D eigenvalue weighted by Gasteiger charge is 2.36. The van der Waals surface area contributed by atoms with Crippen molar-refractivity contribution in [3.8, 4) is 11.5 Å². The number of carboxylic acid groups (broad SMARTS) is 1. The lowest BCUT2D eigenvalue weighted by molar-refractivity contribution is -0.149. The van der Waals surface area contributed by atoms with Crippen LogP contribution in [-0.2, 0) is 19.1 Å². The summed E-state index contributed by atoms with van der Waals surface area (Å²) in [5.74, 6) is -2.31. The van der Waals surface area contributed by atoms with Crippen molar-refractivity contribution in [1.29, 1.82) is 0 Å². The van der Waals surface area contributed by atoms with E-state index in [4.69, 9.17) is 30.9 Å². The summed E-state index contributed by atoms with van der Waals surface area (Å²) in [6.45, 7) is 2.23. The number of halogens is 1. The molecule has 156 valence electrons. The van der Waals surface area contributed by atoms with E-state index in [1.165, 1.54) is 25.3 Å². The van der Waals surface area contributed by atoms with Gasteiger partial charge in [0, 0.05) is 0 Å². The van der Waals surface area contributed by atoms with Crippen LogP contribution in [0.3, 0.4) is 0 Å². The molecule has 9 nitrogen and oxygen atoms in total. The number of carbonyl (C=O) groups is 4. The molecular weight excluding hydrogens is 426 g/mol. The van der Waals surface area contributed by atoms with Crippen molar-refractivity contribution >= 4 is 52.5 Å². The fourth-order valence-electron chi connectivity index (χ4n) is 2.31. The van der Waals surface area contributed by atoms with Gasteiger partial charge in [0.2, 0.25) is 0 Å². The Labute approximate surface area is 175 Å². The Hall–Kier alpha value is -2.72. The molecule has 1 heterocycles. The van der Waals surface area contributed by atoms with E-state index >= 15 is 0 Å². The predicted octanol–water partition coefficient (Wildman–Crippen LogP) is 2.80. The second kappa shape index (κ2) is 9.66. The summed E-state index contributed by atoms with van der Waals surface area (Å²) in [6, 6.07) is 2.91. The Morgan fingerprint density at radius 1 is 1.31 bits per heavy atom. The molecule has 0 unspecified atom stereocenters. The standard InChI is InChI=1S/C18H18ClNO8S/c1-9(2)28-15(23)7-20-17(24)13(29-18(20)25)6-10-4-11(19)16(12(5-10)26-3)27-8-14(21)22/h4-6,9H,7-8H2,1-3H3,(H,21,22)/b13-6-. The summed E-state index contributed by atoms with van der Waals surface area (Å²) < 4.78 is 15.2. The van der Waals surface area contributed by atoms with Crippen molar-refractivity contribution in [3.63, 3.8) is 0 Å². The number of thioether (sulfide) groups is 1. The van der Waals surface area contributed by atoms with Gasteiger partial charge in [-0.15, -0.1) is 0 Å². The molecule has 0 radical (unpaired) electrons. The highest BCUT2D eigenvalue weighted by molar-refractivity contribution is 8.18. The second-order valence-corrected chi connectivity index (χ2v) is 7.42. The van der Waals surface area contributed by atoms with Crippen LogP contribution in [0.1, 0.15) is 19.4 Å². The number of carbonyl (C=O) groups excluding carboxylic acids is 3. The topological polar surface area (TPSA) is 119 Å². The highest BCUT2D eigenvalue weighted by atomic mass is 35.5. The van der Waals surface area contributed by atoms with E-state index in [1.807, 2.05) is 0 Å². The Morgan fingerprint density at radius 2 is 2.00 bits per heavy atom. The Kier molecular flexibility index (Phi) is 7.52. The van der Waals surface area contributed by atoms with E-state index in [-0.39, 0.29) is 27.5 Å². The summed E-state index contributed by atoms with van der Waals surface area (Å²) in [4.78, 5) is 47.9. The lowest BCUT2D eigenvalue weighted by atomic mass is 10.1. The number of amides is 2. The molecule has 29 heavy (non-hydrogen) atoms. The van der Waals surface area contributed by atoms with Crippen molar-refractivity contribution in [2.45, 2.75) is 20.0 Å². The van der Waals surface area contributed by atoms with Crippen molar-refractivity contribution in [1.82, 2.24) is 4.90 Å². The summed E-state index contributed by atoms with van der Waals surface area (Å²) in [5, 5.41) is 8.21. The zero-order valence-electron chi connectivity index (χ0n) is 15.8. The van der Waals surface area contributed by atoms with E-state index < -0.39 is 36.2 Å². The lowest BCUT2D eigenvalue weighted by Gasteiger charge is -2.13. The number of aliphatic carboxylic acids is 1. The maximum absolute atomic E-state index is 12.5.